The molecule has 2 aromatic rings. The number of hydrogen-bond acceptors (Lipinski definition) is 4. The van der Waals surface area contributed by atoms with Gasteiger partial charge in [-0.25, -0.2) is 9.59 Å². The fraction of sp³-hybridized carbons (Fsp3) is 0.227. The number of carbonyl (C=O) groups is 2. The first-order chi connectivity index (χ1) is 13.0. The van der Waals surface area contributed by atoms with Gasteiger partial charge in [-0.1, -0.05) is 50.6 Å². The molecule has 0 aliphatic rings. The minimum atomic E-state index is -0.934. The van der Waals surface area contributed by atoms with Crippen LogP contribution in [0, 0.1) is 5.92 Å². The molecule has 0 spiro atoms. The number of benzene rings is 2. The Kier molecular flexibility index (Phi) is 7.49. The van der Waals surface area contributed by atoms with Crippen LogP contribution in [-0.2, 0) is 9.59 Å². The highest BCUT2D eigenvalue weighted by molar-refractivity contribution is 5.89. The first-order valence-corrected chi connectivity index (χ1v) is 8.80. The zero-order chi connectivity index (χ0) is 19.6. The monoisotopic (exact) mass is 365 g/mol. The lowest BCUT2D eigenvalue weighted by molar-refractivity contribution is -0.139. The average molecular weight is 365 g/mol. The molecular formula is C22H23NO4. The highest BCUT2D eigenvalue weighted by Gasteiger charge is 2.21. The van der Waals surface area contributed by atoms with E-state index in [9.17, 15) is 14.7 Å². The number of carbonyl (C=O) groups excluding carboxylic acids is 1. The lowest BCUT2D eigenvalue weighted by Crippen LogP contribution is -2.25. The SMILES string of the molecule is CCC(C)C(/N=C/c1ccc(OC(=O)C=Cc2ccccc2)cc1)C(=O)O. The maximum absolute atomic E-state index is 11.9. The van der Waals surface area contributed by atoms with E-state index in [1.54, 1.807) is 30.3 Å². The third-order valence-electron chi connectivity index (χ3n) is 4.13. The molecule has 0 aliphatic heterocycles. The maximum atomic E-state index is 11.9. The summed E-state index contributed by atoms with van der Waals surface area (Å²) >= 11 is 0. The highest BCUT2D eigenvalue weighted by Crippen LogP contribution is 2.14. The van der Waals surface area contributed by atoms with Gasteiger partial charge in [-0.05, 0) is 47.4 Å². The zero-order valence-corrected chi connectivity index (χ0v) is 15.4. The molecule has 0 heterocycles. The minimum absolute atomic E-state index is 0.0459. The Bertz CT molecular complexity index is 810. The van der Waals surface area contributed by atoms with Crippen molar-refractivity contribution in [3.63, 3.8) is 0 Å². The van der Waals surface area contributed by atoms with Gasteiger partial charge in [-0.15, -0.1) is 0 Å². The predicted octanol–water partition coefficient (Wildman–Crippen LogP) is 4.22. The Morgan fingerprint density at radius 2 is 1.74 bits per heavy atom. The first-order valence-electron chi connectivity index (χ1n) is 8.80. The van der Waals surface area contributed by atoms with Gasteiger partial charge in [0.1, 0.15) is 11.8 Å². The normalized spacial score (nSPS) is 13.6. The van der Waals surface area contributed by atoms with E-state index < -0.39 is 18.0 Å². The van der Waals surface area contributed by atoms with Gasteiger partial charge in [0.25, 0.3) is 0 Å². The summed E-state index contributed by atoms with van der Waals surface area (Å²) in [5.41, 5.74) is 1.65. The largest absolute Gasteiger partial charge is 0.480 e. The summed E-state index contributed by atoms with van der Waals surface area (Å²) in [7, 11) is 0. The summed E-state index contributed by atoms with van der Waals surface area (Å²) in [5.74, 6) is -1.04. The van der Waals surface area contributed by atoms with Crippen molar-refractivity contribution in [3.8, 4) is 5.75 Å². The quantitative estimate of drug-likeness (QED) is 0.329. The number of aliphatic imine (C=N–C) groups is 1. The van der Waals surface area contributed by atoms with Crippen molar-refractivity contribution in [3.05, 3.63) is 71.8 Å². The van der Waals surface area contributed by atoms with E-state index in [1.807, 2.05) is 44.2 Å². The van der Waals surface area contributed by atoms with E-state index in [2.05, 4.69) is 4.99 Å². The number of hydrogen-bond donors (Lipinski definition) is 1. The number of esters is 1. The van der Waals surface area contributed by atoms with Gasteiger partial charge in [0.05, 0.1) is 0 Å². The van der Waals surface area contributed by atoms with E-state index in [-0.39, 0.29) is 5.92 Å². The summed E-state index contributed by atoms with van der Waals surface area (Å²) in [6.45, 7) is 3.80. The van der Waals surface area contributed by atoms with Crippen molar-refractivity contribution < 1.29 is 19.4 Å². The van der Waals surface area contributed by atoms with Crippen LogP contribution in [0.4, 0.5) is 0 Å². The van der Waals surface area contributed by atoms with Gasteiger partial charge in [0.15, 0.2) is 0 Å². The second kappa shape index (κ2) is 10.1. The third-order valence-corrected chi connectivity index (χ3v) is 4.13. The minimum Gasteiger partial charge on any atom is -0.480 e. The maximum Gasteiger partial charge on any atom is 0.336 e. The number of rotatable bonds is 8. The van der Waals surface area contributed by atoms with Crippen LogP contribution in [0.2, 0.25) is 0 Å². The molecule has 0 bridgehead atoms. The topological polar surface area (TPSA) is 76.0 Å². The molecule has 0 aliphatic carbocycles. The van der Waals surface area contributed by atoms with E-state index in [1.165, 1.54) is 12.3 Å². The van der Waals surface area contributed by atoms with Crippen LogP contribution >= 0.6 is 0 Å². The van der Waals surface area contributed by atoms with Crippen molar-refractivity contribution in [2.75, 3.05) is 0 Å². The Hall–Kier alpha value is -3.21. The Balaban J connectivity index is 1.96. The lowest BCUT2D eigenvalue weighted by atomic mass is 10.00. The summed E-state index contributed by atoms with van der Waals surface area (Å²) in [6, 6.07) is 15.4. The summed E-state index contributed by atoms with van der Waals surface area (Å²) in [6.07, 6.45) is 5.32. The van der Waals surface area contributed by atoms with Crippen LogP contribution in [0.3, 0.4) is 0 Å². The van der Waals surface area contributed by atoms with E-state index in [4.69, 9.17) is 4.74 Å². The molecule has 0 aromatic heterocycles. The van der Waals surface area contributed by atoms with Gasteiger partial charge < -0.3 is 9.84 Å². The Morgan fingerprint density at radius 3 is 2.33 bits per heavy atom. The van der Waals surface area contributed by atoms with Crippen molar-refractivity contribution in [2.24, 2.45) is 10.9 Å². The summed E-state index contributed by atoms with van der Waals surface area (Å²) in [5, 5.41) is 9.25. The summed E-state index contributed by atoms with van der Waals surface area (Å²) < 4.78 is 5.25. The molecule has 1 N–H and O–H groups in total. The average Bonchev–Trinajstić information content (AvgIpc) is 2.68. The predicted molar refractivity (Wildman–Crippen MR) is 106 cm³/mol. The fourth-order valence-corrected chi connectivity index (χ4v) is 2.34. The second-order valence-electron chi connectivity index (χ2n) is 6.18. The van der Waals surface area contributed by atoms with Crippen LogP contribution in [0.1, 0.15) is 31.4 Å². The van der Waals surface area contributed by atoms with Gasteiger partial charge in [-0.3, -0.25) is 4.99 Å². The van der Waals surface area contributed by atoms with Crippen LogP contribution in [-0.4, -0.2) is 29.3 Å². The van der Waals surface area contributed by atoms with Crippen molar-refractivity contribution in [1.82, 2.24) is 0 Å². The Labute approximate surface area is 159 Å². The highest BCUT2D eigenvalue weighted by atomic mass is 16.5. The molecule has 2 atom stereocenters. The smallest absolute Gasteiger partial charge is 0.336 e. The van der Waals surface area contributed by atoms with Crippen LogP contribution in [0.25, 0.3) is 6.08 Å². The first kappa shape index (κ1) is 20.1. The summed E-state index contributed by atoms with van der Waals surface area (Å²) in [4.78, 5) is 27.3. The molecule has 5 heteroatoms. The molecule has 0 radical (unpaired) electrons. The van der Waals surface area contributed by atoms with Crippen LogP contribution in [0.15, 0.2) is 65.7 Å². The number of carboxylic acids is 1. The molecule has 0 saturated heterocycles. The molecular weight excluding hydrogens is 342 g/mol. The van der Waals surface area contributed by atoms with Crippen LogP contribution < -0.4 is 4.74 Å². The molecule has 2 rings (SSSR count). The molecule has 27 heavy (non-hydrogen) atoms. The second-order valence-corrected chi connectivity index (χ2v) is 6.18. The number of ether oxygens (including phenoxy) is 1. The molecule has 5 nitrogen and oxygen atoms in total. The van der Waals surface area contributed by atoms with Gasteiger partial charge in [0.2, 0.25) is 0 Å². The standard InChI is InChI=1S/C22H23NO4/c1-3-16(2)21(22(25)26)23-15-18-9-12-19(13-10-18)27-20(24)14-11-17-7-5-4-6-8-17/h4-16,21H,3H2,1-2H3,(H,25,26)/b14-11?,23-15+. The zero-order valence-electron chi connectivity index (χ0n) is 15.4. The number of carboxylic acid groups (broad SMARTS) is 1. The van der Waals surface area contributed by atoms with Crippen molar-refractivity contribution >= 4 is 24.2 Å². The third kappa shape index (κ3) is 6.55. The van der Waals surface area contributed by atoms with Crippen LogP contribution in [0.5, 0.6) is 5.75 Å². The molecule has 0 fully saturated rings. The van der Waals surface area contributed by atoms with Gasteiger partial charge in [-0.2, -0.15) is 0 Å². The molecule has 0 amide bonds. The molecule has 2 aromatic carbocycles. The molecule has 140 valence electrons. The molecule has 0 saturated carbocycles. The van der Waals surface area contributed by atoms with E-state index >= 15 is 0 Å². The van der Waals surface area contributed by atoms with Gasteiger partial charge >= 0.3 is 11.9 Å². The fourth-order valence-electron chi connectivity index (χ4n) is 2.34. The van der Waals surface area contributed by atoms with Crippen molar-refractivity contribution in [1.29, 1.82) is 0 Å². The Morgan fingerprint density at radius 1 is 1.07 bits per heavy atom. The van der Waals surface area contributed by atoms with Crippen molar-refractivity contribution in [2.45, 2.75) is 26.3 Å². The van der Waals surface area contributed by atoms with E-state index in [0.29, 0.717) is 5.75 Å². The van der Waals surface area contributed by atoms with Gasteiger partial charge in [0, 0.05) is 12.3 Å². The number of nitrogens with zero attached hydrogens (tertiary/aromatic N) is 1. The molecule has 2 unspecified atom stereocenters. The van der Waals surface area contributed by atoms with E-state index in [0.717, 1.165) is 17.5 Å². The lowest BCUT2D eigenvalue weighted by Gasteiger charge is -2.13. The number of aliphatic carboxylic acids is 1.